The Morgan fingerprint density at radius 1 is 1.19 bits per heavy atom. The number of aryl methyl sites for hydroxylation is 1. The Morgan fingerprint density at radius 3 is 2.71 bits per heavy atom. The van der Waals surface area contributed by atoms with E-state index in [0.717, 1.165) is 11.1 Å². The number of sulfonamides is 1. The molecule has 8 nitrogen and oxygen atoms in total. The van der Waals surface area contributed by atoms with Crippen LogP contribution in [-0.4, -0.2) is 41.9 Å². The van der Waals surface area contributed by atoms with Crippen molar-refractivity contribution in [3.63, 3.8) is 0 Å². The first kappa shape index (κ1) is 21.5. The molecule has 1 amide bonds. The number of aromatic nitrogens is 2. The first-order valence-electron chi connectivity index (χ1n) is 9.80. The predicted octanol–water partition coefficient (Wildman–Crippen LogP) is 3.74. The Kier molecular flexibility index (Phi) is 6.08. The van der Waals surface area contributed by atoms with Crippen molar-refractivity contribution in [2.75, 3.05) is 18.4 Å². The van der Waals surface area contributed by atoms with Gasteiger partial charge in [-0.15, -0.1) is 5.10 Å². The van der Waals surface area contributed by atoms with Crippen LogP contribution < -0.4 is 5.32 Å². The summed E-state index contributed by atoms with van der Waals surface area (Å²) < 4.78 is 32.7. The van der Waals surface area contributed by atoms with Crippen LogP contribution >= 0.6 is 11.6 Å². The van der Waals surface area contributed by atoms with Crippen LogP contribution in [0, 0.1) is 12.8 Å². The average Bonchev–Trinajstić information content (AvgIpc) is 3.23. The van der Waals surface area contributed by atoms with Crippen molar-refractivity contribution in [2.45, 2.75) is 24.7 Å². The summed E-state index contributed by atoms with van der Waals surface area (Å²) >= 11 is 5.86. The van der Waals surface area contributed by atoms with Gasteiger partial charge in [0, 0.05) is 23.7 Å². The lowest BCUT2D eigenvalue weighted by Crippen LogP contribution is -2.43. The van der Waals surface area contributed by atoms with Crippen LogP contribution in [0.2, 0.25) is 5.02 Å². The quantitative estimate of drug-likeness (QED) is 0.621. The Hall–Kier alpha value is -2.75. The fourth-order valence-electron chi connectivity index (χ4n) is 3.51. The molecule has 0 spiro atoms. The third kappa shape index (κ3) is 4.79. The first-order chi connectivity index (χ1) is 14.8. The molecular weight excluding hydrogens is 440 g/mol. The topological polar surface area (TPSA) is 105 Å². The van der Waals surface area contributed by atoms with Gasteiger partial charge in [-0.25, -0.2) is 8.42 Å². The summed E-state index contributed by atoms with van der Waals surface area (Å²) in [5.41, 5.74) is 1.80. The molecule has 3 aromatic rings. The van der Waals surface area contributed by atoms with E-state index in [2.05, 4.69) is 15.5 Å². The number of amides is 1. The number of halogens is 1. The highest BCUT2D eigenvalue weighted by molar-refractivity contribution is 7.89. The maximum atomic E-state index is 12.9. The molecule has 1 N–H and O–H groups in total. The molecule has 2 heterocycles. The van der Waals surface area contributed by atoms with Crippen molar-refractivity contribution < 1.29 is 17.6 Å². The molecule has 10 heteroatoms. The third-order valence-electron chi connectivity index (χ3n) is 5.13. The molecule has 1 aromatic heterocycles. The van der Waals surface area contributed by atoms with Gasteiger partial charge in [0.15, 0.2) is 0 Å². The van der Waals surface area contributed by atoms with Crippen molar-refractivity contribution in [3.05, 3.63) is 59.1 Å². The van der Waals surface area contributed by atoms with E-state index >= 15 is 0 Å². The van der Waals surface area contributed by atoms with Crippen molar-refractivity contribution in [2.24, 2.45) is 5.92 Å². The van der Waals surface area contributed by atoms with Gasteiger partial charge in [-0.2, -0.15) is 4.31 Å². The molecule has 1 aliphatic rings. The van der Waals surface area contributed by atoms with Crippen LogP contribution in [-0.2, 0) is 14.8 Å². The molecule has 4 rings (SSSR count). The Morgan fingerprint density at radius 2 is 1.97 bits per heavy atom. The van der Waals surface area contributed by atoms with E-state index < -0.39 is 15.9 Å². The fourth-order valence-corrected chi connectivity index (χ4v) is 5.16. The van der Waals surface area contributed by atoms with E-state index in [9.17, 15) is 13.2 Å². The van der Waals surface area contributed by atoms with Crippen molar-refractivity contribution in [3.8, 4) is 11.5 Å². The minimum atomic E-state index is -3.71. The zero-order chi connectivity index (χ0) is 22.0. The van der Waals surface area contributed by atoms with Crippen LogP contribution in [0.25, 0.3) is 11.5 Å². The maximum absolute atomic E-state index is 12.9. The highest BCUT2D eigenvalue weighted by Gasteiger charge is 2.33. The van der Waals surface area contributed by atoms with Gasteiger partial charge < -0.3 is 4.42 Å². The van der Waals surface area contributed by atoms with E-state index in [1.807, 2.05) is 31.2 Å². The minimum absolute atomic E-state index is 0.0146. The molecule has 1 saturated heterocycles. The average molecular weight is 461 g/mol. The minimum Gasteiger partial charge on any atom is -0.403 e. The van der Waals surface area contributed by atoms with Crippen LogP contribution in [0.1, 0.15) is 18.4 Å². The lowest BCUT2D eigenvalue weighted by atomic mass is 9.99. The Balaban J connectivity index is 1.44. The lowest BCUT2D eigenvalue weighted by Gasteiger charge is -2.30. The smallest absolute Gasteiger partial charge is 0.322 e. The predicted molar refractivity (Wildman–Crippen MR) is 116 cm³/mol. The number of piperidine rings is 1. The van der Waals surface area contributed by atoms with Crippen LogP contribution in [0.3, 0.4) is 0 Å². The SMILES string of the molecule is Cc1cccc(-c2nnc(NC(=O)C3CCCN(S(=O)(=O)c4ccc(Cl)cc4)C3)o2)c1. The lowest BCUT2D eigenvalue weighted by molar-refractivity contribution is -0.121. The number of nitrogens with one attached hydrogen (secondary N) is 1. The number of nitrogens with zero attached hydrogens (tertiary/aromatic N) is 3. The van der Waals surface area contributed by atoms with E-state index in [1.165, 1.54) is 28.6 Å². The van der Waals surface area contributed by atoms with Gasteiger partial charge in [0.2, 0.25) is 21.8 Å². The molecule has 1 fully saturated rings. The van der Waals surface area contributed by atoms with E-state index in [4.69, 9.17) is 16.0 Å². The number of anilines is 1. The second-order valence-corrected chi connectivity index (χ2v) is 9.80. The summed E-state index contributed by atoms with van der Waals surface area (Å²) in [7, 11) is -3.71. The zero-order valence-corrected chi connectivity index (χ0v) is 18.4. The van der Waals surface area contributed by atoms with Gasteiger partial charge in [-0.3, -0.25) is 10.1 Å². The zero-order valence-electron chi connectivity index (χ0n) is 16.8. The highest BCUT2D eigenvalue weighted by atomic mass is 35.5. The third-order valence-corrected chi connectivity index (χ3v) is 7.26. The molecule has 31 heavy (non-hydrogen) atoms. The summed E-state index contributed by atoms with van der Waals surface area (Å²) in [6, 6.07) is 13.6. The Labute approximate surface area is 185 Å². The second-order valence-electron chi connectivity index (χ2n) is 7.43. The normalized spacial score (nSPS) is 17.4. The van der Waals surface area contributed by atoms with E-state index in [0.29, 0.717) is 30.3 Å². The second kappa shape index (κ2) is 8.78. The molecule has 0 aliphatic carbocycles. The largest absolute Gasteiger partial charge is 0.403 e. The van der Waals surface area contributed by atoms with Crippen molar-refractivity contribution in [1.82, 2.24) is 14.5 Å². The van der Waals surface area contributed by atoms with Crippen LogP contribution in [0.5, 0.6) is 0 Å². The maximum Gasteiger partial charge on any atom is 0.322 e. The number of benzene rings is 2. The van der Waals surface area contributed by atoms with Gasteiger partial charge in [0.1, 0.15) is 0 Å². The van der Waals surface area contributed by atoms with Crippen molar-refractivity contribution >= 4 is 33.5 Å². The monoisotopic (exact) mass is 460 g/mol. The number of rotatable bonds is 5. The molecule has 0 saturated carbocycles. The van der Waals surface area contributed by atoms with Gasteiger partial charge in [-0.05, 0) is 56.2 Å². The molecule has 2 aromatic carbocycles. The summed E-state index contributed by atoms with van der Waals surface area (Å²) in [5, 5.41) is 10.9. The van der Waals surface area contributed by atoms with Crippen molar-refractivity contribution in [1.29, 1.82) is 0 Å². The van der Waals surface area contributed by atoms with Gasteiger partial charge >= 0.3 is 6.01 Å². The molecule has 1 unspecified atom stereocenters. The number of hydrogen-bond acceptors (Lipinski definition) is 6. The first-order valence-corrected chi connectivity index (χ1v) is 11.6. The Bertz CT molecular complexity index is 1190. The van der Waals surface area contributed by atoms with Crippen LogP contribution in [0.4, 0.5) is 6.01 Å². The van der Waals surface area contributed by atoms with Gasteiger partial charge in [-0.1, -0.05) is 34.4 Å². The summed E-state index contributed by atoms with van der Waals surface area (Å²) in [5.74, 6) is -0.574. The molecule has 0 bridgehead atoms. The molecule has 1 aliphatic heterocycles. The molecule has 1 atom stereocenters. The number of hydrogen-bond donors (Lipinski definition) is 1. The van der Waals surface area contributed by atoms with Gasteiger partial charge in [0.05, 0.1) is 10.8 Å². The number of carbonyl (C=O) groups excluding carboxylic acids is 1. The molecule has 162 valence electrons. The summed E-state index contributed by atoms with van der Waals surface area (Å²) in [6.45, 7) is 2.39. The standard InChI is InChI=1S/C21H21ClN4O4S/c1-14-4-2-5-15(12-14)20-24-25-21(30-20)23-19(27)16-6-3-11-26(13-16)31(28,29)18-9-7-17(22)8-10-18/h2,4-5,7-10,12,16H,3,6,11,13H2,1H3,(H,23,25,27). The fraction of sp³-hybridized carbons (Fsp3) is 0.286. The van der Waals surface area contributed by atoms with E-state index in [1.54, 1.807) is 0 Å². The highest BCUT2D eigenvalue weighted by Crippen LogP contribution is 2.26. The summed E-state index contributed by atoms with van der Waals surface area (Å²) in [6.07, 6.45) is 1.14. The number of carbonyl (C=O) groups is 1. The summed E-state index contributed by atoms with van der Waals surface area (Å²) in [4.78, 5) is 12.9. The molecular formula is C21H21ClN4O4S. The molecule has 0 radical (unpaired) electrons. The van der Waals surface area contributed by atoms with E-state index in [-0.39, 0.29) is 23.4 Å². The van der Waals surface area contributed by atoms with Gasteiger partial charge in [0.25, 0.3) is 0 Å². The van der Waals surface area contributed by atoms with Crippen LogP contribution in [0.15, 0.2) is 57.8 Å².